The van der Waals surface area contributed by atoms with Crippen molar-refractivity contribution in [2.75, 3.05) is 0 Å². The van der Waals surface area contributed by atoms with Crippen LogP contribution in [0.5, 0.6) is 0 Å². The number of rotatable bonds is 1. The maximum absolute atomic E-state index is 2.12. The monoisotopic (exact) mass is 148 g/mol. The van der Waals surface area contributed by atoms with Crippen molar-refractivity contribution in [1.82, 2.24) is 0 Å². The van der Waals surface area contributed by atoms with E-state index in [0.717, 1.165) is 0 Å². The predicted octanol–water partition coefficient (Wildman–Crippen LogP) is 1.93. The maximum atomic E-state index is 2.12. The fourth-order valence-electron chi connectivity index (χ4n) is 1.08. The number of aromatic nitrogens is 1. The molecule has 11 heavy (non-hydrogen) atoms. The summed E-state index contributed by atoms with van der Waals surface area (Å²) in [5.41, 5.74) is 2.59. The molecule has 0 N–H and O–H groups in total. The van der Waals surface area contributed by atoms with E-state index >= 15 is 0 Å². The average Bonchev–Trinajstić information content (AvgIpc) is 2.04. The Morgan fingerprint density at radius 1 is 1.45 bits per heavy atom. The lowest BCUT2D eigenvalue weighted by molar-refractivity contribution is -0.673. The lowest BCUT2D eigenvalue weighted by Crippen LogP contribution is -2.31. The number of hydrogen-bond donors (Lipinski definition) is 0. The van der Waals surface area contributed by atoms with Crippen molar-refractivity contribution in [3.63, 3.8) is 0 Å². The minimum absolute atomic E-state index is 1.27. The molecule has 0 aromatic carbocycles. The summed E-state index contributed by atoms with van der Waals surface area (Å²) in [6.45, 7) is 4.18. The summed E-state index contributed by atoms with van der Waals surface area (Å²) in [6, 6.07) is 6.21. The van der Waals surface area contributed by atoms with E-state index in [1.54, 1.807) is 0 Å². The van der Waals surface area contributed by atoms with Crippen molar-refractivity contribution in [2.45, 2.75) is 13.8 Å². The Bertz CT molecular complexity index is 274. The molecule has 0 aliphatic heterocycles. The summed E-state index contributed by atoms with van der Waals surface area (Å²) < 4.78 is 2.12. The first kappa shape index (κ1) is 7.99. The van der Waals surface area contributed by atoms with Crippen molar-refractivity contribution in [3.8, 4) is 0 Å². The predicted molar refractivity (Wildman–Crippen MR) is 46.9 cm³/mol. The molecule has 1 aromatic heterocycles. The molecule has 0 radical (unpaired) electrons. The van der Waals surface area contributed by atoms with E-state index in [1.165, 1.54) is 11.3 Å². The van der Waals surface area contributed by atoms with Crippen LogP contribution >= 0.6 is 0 Å². The highest BCUT2D eigenvalue weighted by Crippen LogP contribution is 2.06. The van der Waals surface area contributed by atoms with Crippen molar-refractivity contribution in [1.29, 1.82) is 0 Å². The molecule has 1 heterocycles. The maximum Gasteiger partial charge on any atom is 0.207 e. The topological polar surface area (TPSA) is 3.88 Å². The Morgan fingerprint density at radius 3 is 2.73 bits per heavy atom. The van der Waals surface area contributed by atoms with Crippen molar-refractivity contribution in [3.05, 3.63) is 36.2 Å². The van der Waals surface area contributed by atoms with Crippen LogP contribution in [-0.2, 0) is 7.05 Å². The Morgan fingerprint density at radius 2 is 2.18 bits per heavy atom. The van der Waals surface area contributed by atoms with E-state index in [0.29, 0.717) is 0 Å². The van der Waals surface area contributed by atoms with Crippen LogP contribution in [0.15, 0.2) is 30.5 Å². The van der Waals surface area contributed by atoms with Crippen LogP contribution in [0.1, 0.15) is 19.5 Å². The smallest absolute Gasteiger partial charge is 0.201 e. The average molecular weight is 148 g/mol. The fraction of sp³-hybridized carbons (Fsp3) is 0.300. The standard InChI is InChI=1S/C10H14N/c1-4-9(2)10-7-5-6-8-11(10)3/h4-8H,1-3H3/q+1/b9-4+. The third kappa shape index (κ3) is 1.67. The summed E-state index contributed by atoms with van der Waals surface area (Å²) in [5, 5.41) is 0. The van der Waals surface area contributed by atoms with Crippen LogP contribution in [0.3, 0.4) is 0 Å². The largest absolute Gasteiger partial charge is 0.207 e. The van der Waals surface area contributed by atoms with Gasteiger partial charge in [-0.25, -0.2) is 4.57 Å². The summed E-state index contributed by atoms with van der Waals surface area (Å²) >= 11 is 0. The van der Waals surface area contributed by atoms with Gasteiger partial charge in [-0.05, 0) is 19.9 Å². The van der Waals surface area contributed by atoms with E-state index in [2.05, 4.69) is 49.9 Å². The molecule has 58 valence electrons. The Balaban J connectivity index is 3.14. The van der Waals surface area contributed by atoms with E-state index in [9.17, 15) is 0 Å². The molecule has 1 nitrogen and oxygen atoms in total. The first-order valence-electron chi connectivity index (χ1n) is 3.83. The minimum Gasteiger partial charge on any atom is -0.201 e. The molecular formula is C10H14N+. The zero-order valence-corrected chi connectivity index (χ0v) is 7.33. The van der Waals surface area contributed by atoms with Crippen LogP contribution in [0, 0.1) is 0 Å². The van der Waals surface area contributed by atoms with Gasteiger partial charge in [0.25, 0.3) is 0 Å². The molecule has 0 amide bonds. The molecule has 1 heteroatoms. The molecule has 0 bridgehead atoms. The summed E-state index contributed by atoms with van der Waals surface area (Å²) in [7, 11) is 2.06. The van der Waals surface area contributed by atoms with Gasteiger partial charge in [-0.2, -0.15) is 0 Å². The van der Waals surface area contributed by atoms with E-state index in [1.807, 2.05) is 6.07 Å². The molecule has 0 aliphatic rings. The molecule has 0 aliphatic carbocycles. The van der Waals surface area contributed by atoms with E-state index in [-0.39, 0.29) is 0 Å². The minimum atomic E-state index is 1.27. The first-order valence-corrected chi connectivity index (χ1v) is 3.83. The second kappa shape index (κ2) is 3.33. The van der Waals surface area contributed by atoms with Gasteiger partial charge in [-0.15, -0.1) is 0 Å². The fourth-order valence-corrected chi connectivity index (χ4v) is 1.08. The molecule has 1 aromatic rings. The van der Waals surface area contributed by atoms with E-state index in [4.69, 9.17) is 0 Å². The van der Waals surface area contributed by atoms with Gasteiger partial charge in [0.1, 0.15) is 7.05 Å². The van der Waals surface area contributed by atoms with Gasteiger partial charge < -0.3 is 0 Å². The third-order valence-corrected chi connectivity index (χ3v) is 1.89. The molecule has 0 unspecified atom stereocenters. The molecule has 0 fully saturated rings. The number of aryl methyl sites for hydroxylation is 1. The van der Waals surface area contributed by atoms with Gasteiger partial charge in [-0.1, -0.05) is 6.08 Å². The highest BCUT2D eigenvalue weighted by Gasteiger charge is 2.04. The number of allylic oxidation sites excluding steroid dienone is 2. The Labute approximate surface area is 68.0 Å². The second-order valence-electron chi connectivity index (χ2n) is 2.67. The molecule has 0 spiro atoms. The van der Waals surface area contributed by atoms with Gasteiger partial charge in [0, 0.05) is 17.7 Å². The molecule has 0 saturated carbocycles. The zero-order valence-electron chi connectivity index (χ0n) is 7.33. The second-order valence-corrected chi connectivity index (χ2v) is 2.67. The number of pyridine rings is 1. The molecule has 0 atom stereocenters. The van der Waals surface area contributed by atoms with Crippen molar-refractivity contribution in [2.24, 2.45) is 7.05 Å². The molecular weight excluding hydrogens is 134 g/mol. The SMILES string of the molecule is C/C=C(\C)c1cccc[n+]1C. The highest BCUT2D eigenvalue weighted by molar-refractivity contribution is 5.57. The summed E-state index contributed by atoms with van der Waals surface area (Å²) in [5.74, 6) is 0. The highest BCUT2D eigenvalue weighted by atomic mass is 14.9. The third-order valence-electron chi connectivity index (χ3n) is 1.89. The lowest BCUT2D eigenvalue weighted by atomic mass is 10.2. The van der Waals surface area contributed by atoms with Crippen molar-refractivity contribution >= 4 is 5.57 Å². The summed E-state index contributed by atoms with van der Waals surface area (Å²) in [4.78, 5) is 0. The van der Waals surface area contributed by atoms with Crippen LogP contribution in [0.25, 0.3) is 5.57 Å². The number of nitrogens with zero attached hydrogens (tertiary/aromatic N) is 1. The van der Waals surface area contributed by atoms with Gasteiger partial charge in [0.15, 0.2) is 6.20 Å². The van der Waals surface area contributed by atoms with Crippen LogP contribution < -0.4 is 4.57 Å². The van der Waals surface area contributed by atoms with Crippen LogP contribution in [0.2, 0.25) is 0 Å². The normalized spacial score (nSPS) is 11.7. The molecule has 0 saturated heterocycles. The van der Waals surface area contributed by atoms with Gasteiger partial charge >= 0.3 is 0 Å². The summed E-state index contributed by atoms with van der Waals surface area (Å²) in [6.07, 6.45) is 4.18. The first-order chi connectivity index (χ1) is 5.25. The van der Waals surface area contributed by atoms with E-state index < -0.39 is 0 Å². The van der Waals surface area contributed by atoms with Gasteiger partial charge in [0.2, 0.25) is 5.69 Å². The van der Waals surface area contributed by atoms with Crippen LogP contribution in [-0.4, -0.2) is 0 Å². The Kier molecular flexibility index (Phi) is 2.42. The lowest BCUT2D eigenvalue weighted by Gasteiger charge is -1.96. The van der Waals surface area contributed by atoms with Gasteiger partial charge in [0.05, 0.1) is 0 Å². The quantitative estimate of drug-likeness (QED) is 0.536. The molecule has 1 rings (SSSR count). The van der Waals surface area contributed by atoms with Crippen LogP contribution in [0.4, 0.5) is 0 Å². The van der Waals surface area contributed by atoms with Crippen molar-refractivity contribution < 1.29 is 4.57 Å². The Hall–Kier alpha value is -1.11. The zero-order chi connectivity index (χ0) is 8.27. The number of hydrogen-bond acceptors (Lipinski definition) is 0. The van der Waals surface area contributed by atoms with Gasteiger partial charge in [-0.3, -0.25) is 0 Å².